The van der Waals surface area contributed by atoms with Crippen molar-refractivity contribution < 1.29 is 9.13 Å². The normalized spacial score (nSPS) is 35.4. The van der Waals surface area contributed by atoms with Crippen LogP contribution < -0.4 is 5.32 Å². The molecule has 98 valence electrons. The predicted molar refractivity (Wildman–Crippen MR) is 69.0 cm³/mol. The smallest absolute Gasteiger partial charge is 0.123 e. The Bertz CT molecular complexity index is 403. The van der Waals surface area contributed by atoms with Gasteiger partial charge < -0.3 is 10.1 Å². The molecule has 0 aliphatic carbocycles. The van der Waals surface area contributed by atoms with Gasteiger partial charge in [0.1, 0.15) is 5.82 Å². The molecule has 3 atom stereocenters. The summed E-state index contributed by atoms with van der Waals surface area (Å²) in [4.78, 5) is 0. The van der Waals surface area contributed by atoms with Gasteiger partial charge in [-0.25, -0.2) is 4.39 Å². The highest BCUT2D eigenvalue weighted by Crippen LogP contribution is 2.39. The van der Waals surface area contributed by atoms with E-state index < -0.39 is 0 Å². The topological polar surface area (TPSA) is 21.3 Å². The van der Waals surface area contributed by atoms with Crippen molar-refractivity contribution in [1.29, 1.82) is 0 Å². The van der Waals surface area contributed by atoms with Crippen LogP contribution in [0.1, 0.15) is 25.3 Å². The van der Waals surface area contributed by atoms with Crippen LogP contribution in [0.2, 0.25) is 0 Å². The molecule has 1 aromatic rings. The number of piperidine rings is 1. The summed E-state index contributed by atoms with van der Waals surface area (Å²) in [7, 11) is 0. The number of halogens is 1. The summed E-state index contributed by atoms with van der Waals surface area (Å²) >= 11 is 0. The first-order chi connectivity index (χ1) is 8.65. The maximum absolute atomic E-state index is 12.9. The quantitative estimate of drug-likeness (QED) is 0.869. The third-order valence-electron chi connectivity index (χ3n) is 4.16. The molecule has 18 heavy (non-hydrogen) atoms. The van der Waals surface area contributed by atoms with Gasteiger partial charge in [0.2, 0.25) is 0 Å². The third-order valence-corrected chi connectivity index (χ3v) is 4.16. The van der Waals surface area contributed by atoms with Crippen molar-refractivity contribution in [2.45, 2.75) is 37.9 Å². The van der Waals surface area contributed by atoms with Crippen molar-refractivity contribution in [3.63, 3.8) is 0 Å². The number of nitrogens with one attached hydrogen (secondary N) is 1. The SMILES string of the molecule is C[C@@]1(Cc2ccc(F)cc2)C[C@H]2CNCC[C@H]2O1. The minimum atomic E-state index is -0.172. The summed E-state index contributed by atoms with van der Waals surface area (Å²) in [5.41, 5.74) is 1.07. The van der Waals surface area contributed by atoms with E-state index in [0.717, 1.165) is 37.9 Å². The molecule has 2 aliphatic rings. The zero-order valence-corrected chi connectivity index (χ0v) is 10.8. The summed E-state index contributed by atoms with van der Waals surface area (Å²) in [6.07, 6.45) is 3.50. The molecule has 1 aromatic carbocycles. The van der Waals surface area contributed by atoms with Crippen molar-refractivity contribution in [3.8, 4) is 0 Å². The largest absolute Gasteiger partial charge is 0.371 e. The molecule has 2 aliphatic heterocycles. The van der Waals surface area contributed by atoms with Crippen LogP contribution in [0.3, 0.4) is 0 Å². The molecule has 2 heterocycles. The lowest BCUT2D eigenvalue weighted by atomic mass is 9.86. The molecule has 0 aromatic heterocycles. The highest BCUT2D eigenvalue weighted by atomic mass is 19.1. The van der Waals surface area contributed by atoms with Gasteiger partial charge in [-0.3, -0.25) is 0 Å². The number of fused-ring (bicyclic) bond motifs is 1. The Labute approximate surface area is 108 Å². The lowest BCUT2D eigenvalue weighted by molar-refractivity contribution is -0.0389. The molecular formula is C15H20FNO. The highest BCUT2D eigenvalue weighted by molar-refractivity contribution is 5.19. The molecule has 2 saturated heterocycles. The second-order valence-corrected chi connectivity index (χ2v) is 5.87. The van der Waals surface area contributed by atoms with Crippen molar-refractivity contribution in [2.24, 2.45) is 5.92 Å². The van der Waals surface area contributed by atoms with Crippen LogP contribution in [0.15, 0.2) is 24.3 Å². The molecule has 2 fully saturated rings. The van der Waals surface area contributed by atoms with Gasteiger partial charge in [-0.1, -0.05) is 12.1 Å². The first-order valence-electron chi connectivity index (χ1n) is 6.78. The van der Waals surface area contributed by atoms with Crippen LogP contribution in [0.25, 0.3) is 0 Å². The van der Waals surface area contributed by atoms with E-state index >= 15 is 0 Å². The molecule has 0 saturated carbocycles. The summed E-state index contributed by atoms with van der Waals surface area (Å²) in [5, 5.41) is 3.44. The van der Waals surface area contributed by atoms with Gasteiger partial charge in [-0.2, -0.15) is 0 Å². The number of hydrogen-bond donors (Lipinski definition) is 1. The van der Waals surface area contributed by atoms with Crippen LogP contribution in [-0.4, -0.2) is 24.8 Å². The maximum Gasteiger partial charge on any atom is 0.123 e. The molecule has 0 radical (unpaired) electrons. The molecule has 1 N–H and O–H groups in total. The zero-order valence-electron chi connectivity index (χ0n) is 10.8. The van der Waals surface area contributed by atoms with Gasteiger partial charge in [-0.15, -0.1) is 0 Å². The van der Waals surface area contributed by atoms with E-state index in [1.165, 1.54) is 12.1 Å². The lowest BCUT2D eigenvalue weighted by Crippen LogP contribution is -2.37. The van der Waals surface area contributed by atoms with Crippen LogP contribution in [0.4, 0.5) is 4.39 Å². The number of rotatable bonds is 2. The van der Waals surface area contributed by atoms with Crippen molar-refractivity contribution in [2.75, 3.05) is 13.1 Å². The van der Waals surface area contributed by atoms with Gasteiger partial charge >= 0.3 is 0 Å². The fourth-order valence-electron chi connectivity index (χ4n) is 3.37. The minimum absolute atomic E-state index is 0.0841. The van der Waals surface area contributed by atoms with E-state index in [1.54, 1.807) is 0 Å². The average molecular weight is 249 g/mol. The highest BCUT2D eigenvalue weighted by Gasteiger charge is 2.43. The molecule has 3 rings (SSSR count). The lowest BCUT2D eigenvalue weighted by Gasteiger charge is -2.26. The molecule has 0 bridgehead atoms. The van der Waals surface area contributed by atoms with Crippen LogP contribution >= 0.6 is 0 Å². The first-order valence-corrected chi connectivity index (χ1v) is 6.78. The Balaban J connectivity index is 1.70. The van der Waals surface area contributed by atoms with Gasteiger partial charge in [0.25, 0.3) is 0 Å². The second kappa shape index (κ2) is 4.63. The predicted octanol–water partition coefficient (Wildman–Crippen LogP) is 2.53. The van der Waals surface area contributed by atoms with E-state index in [1.807, 2.05) is 12.1 Å². The summed E-state index contributed by atoms with van der Waals surface area (Å²) in [6.45, 7) is 4.33. The van der Waals surface area contributed by atoms with E-state index in [0.29, 0.717) is 12.0 Å². The van der Waals surface area contributed by atoms with Gasteiger partial charge in [-0.05, 0) is 44.0 Å². The maximum atomic E-state index is 12.9. The molecule has 3 heteroatoms. The minimum Gasteiger partial charge on any atom is -0.371 e. The molecule has 2 nitrogen and oxygen atoms in total. The average Bonchev–Trinajstić information content (AvgIpc) is 2.68. The van der Waals surface area contributed by atoms with Gasteiger partial charge in [0.15, 0.2) is 0 Å². The molecule has 0 spiro atoms. The number of hydrogen-bond acceptors (Lipinski definition) is 2. The van der Waals surface area contributed by atoms with Crippen LogP contribution in [0, 0.1) is 11.7 Å². The molecule has 0 unspecified atom stereocenters. The van der Waals surface area contributed by atoms with E-state index in [9.17, 15) is 4.39 Å². The fraction of sp³-hybridized carbons (Fsp3) is 0.600. The number of ether oxygens (including phenoxy) is 1. The summed E-state index contributed by atoms with van der Waals surface area (Å²) in [5.74, 6) is 0.471. The Morgan fingerprint density at radius 3 is 2.89 bits per heavy atom. The molecule has 0 amide bonds. The zero-order chi connectivity index (χ0) is 12.6. The van der Waals surface area contributed by atoms with E-state index in [4.69, 9.17) is 4.74 Å². The monoisotopic (exact) mass is 249 g/mol. The van der Waals surface area contributed by atoms with Crippen LogP contribution in [-0.2, 0) is 11.2 Å². The van der Waals surface area contributed by atoms with Crippen LogP contribution in [0.5, 0.6) is 0 Å². The third kappa shape index (κ3) is 2.43. The van der Waals surface area contributed by atoms with Gasteiger partial charge in [0.05, 0.1) is 11.7 Å². The first kappa shape index (κ1) is 12.1. The summed E-state index contributed by atoms with van der Waals surface area (Å²) < 4.78 is 19.2. The Morgan fingerprint density at radius 2 is 2.17 bits per heavy atom. The van der Waals surface area contributed by atoms with E-state index in [2.05, 4.69) is 12.2 Å². The van der Waals surface area contributed by atoms with Crippen molar-refractivity contribution in [1.82, 2.24) is 5.32 Å². The second-order valence-electron chi connectivity index (χ2n) is 5.87. The Hall–Kier alpha value is -0.930. The van der Waals surface area contributed by atoms with Gasteiger partial charge in [0, 0.05) is 18.9 Å². The van der Waals surface area contributed by atoms with Crippen molar-refractivity contribution >= 4 is 0 Å². The Kier molecular flexibility index (Phi) is 3.12. The van der Waals surface area contributed by atoms with E-state index in [-0.39, 0.29) is 11.4 Å². The summed E-state index contributed by atoms with van der Waals surface area (Å²) in [6, 6.07) is 6.79. The molecular weight excluding hydrogens is 229 g/mol. The Morgan fingerprint density at radius 1 is 1.39 bits per heavy atom. The fourth-order valence-corrected chi connectivity index (χ4v) is 3.37. The standard InChI is InChI=1S/C15H20FNO/c1-15(8-11-2-4-13(16)5-3-11)9-12-10-17-7-6-14(12)18-15/h2-5,12,14,17H,6-10H2,1H3/t12-,14+,15+/m0/s1. The number of benzene rings is 1. The van der Waals surface area contributed by atoms with Crippen molar-refractivity contribution in [3.05, 3.63) is 35.6 Å².